The van der Waals surface area contributed by atoms with E-state index >= 15 is 0 Å². The van der Waals surface area contributed by atoms with Crippen molar-refractivity contribution in [1.82, 2.24) is 20.0 Å². The van der Waals surface area contributed by atoms with E-state index in [9.17, 15) is 0 Å². The molecule has 0 aromatic carbocycles. The number of nitrogens with one attached hydrogen (secondary N) is 1. The number of hydrogen-bond acceptors (Lipinski definition) is 4. The Morgan fingerprint density at radius 3 is 3.00 bits per heavy atom. The van der Waals surface area contributed by atoms with Gasteiger partial charge in [0.25, 0.3) is 0 Å². The summed E-state index contributed by atoms with van der Waals surface area (Å²) in [6.45, 7) is 10.1. The second kappa shape index (κ2) is 7.20. The van der Waals surface area contributed by atoms with Gasteiger partial charge in [-0.15, -0.1) is 0 Å². The summed E-state index contributed by atoms with van der Waals surface area (Å²) < 4.78 is 8.15. The molecule has 1 aliphatic heterocycles. The van der Waals surface area contributed by atoms with E-state index < -0.39 is 0 Å². The van der Waals surface area contributed by atoms with Gasteiger partial charge in [-0.05, 0) is 19.5 Å². The molecule has 1 aliphatic rings. The zero-order valence-corrected chi connectivity index (χ0v) is 13.2. The number of likely N-dealkylation sites (N-methyl/N-ethyl adjacent to an activating group) is 1. The summed E-state index contributed by atoms with van der Waals surface area (Å²) in [7, 11) is 2.18. The van der Waals surface area contributed by atoms with Gasteiger partial charge in [0.2, 0.25) is 0 Å². The van der Waals surface area contributed by atoms with Crippen LogP contribution in [0.3, 0.4) is 0 Å². The summed E-state index contributed by atoms with van der Waals surface area (Å²) in [5.41, 5.74) is 1.27. The van der Waals surface area contributed by atoms with Crippen LogP contribution in [0.1, 0.15) is 38.9 Å². The highest BCUT2D eigenvalue weighted by Crippen LogP contribution is 2.28. The van der Waals surface area contributed by atoms with Gasteiger partial charge < -0.3 is 10.1 Å². The second-order valence-corrected chi connectivity index (χ2v) is 5.88. The Labute approximate surface area is 122 Å². The van der Waals surface area contributed by atoms with Gasteiger partial charge in [0.05, 0.1) is 24.4 Å². The van der Waals surface area contributed by atoms with Crippen LogP contribution in [0.5, 0.6) is 0 Å². The molecular weight excluding hydrogens is 252 g/mol. The summed E-state index contributed by atoms with van der Waals surface area (Å²) in [5.74, 6) is 0. The Hall–Kier alpha value is -0.910. The lowest BCUT2D eigenvalue weighted by Crippen LogP contribution is -2.49. The van der Waals surface area contributed by atoms with Gasteiger partial charge >= 0.3 is 0 Å². The summed E-state index contributed by atoms with van der Waals surface area (Å²) in [6.07, 6.45) is 3.19. The largest absolute Gasteiger partial charge is 0.374 e. The van der Waals surface area contributed by atoms with Crippen LogP contribution in [0.25, 0.3) is 0 Å². The van der Waals surface area contributed by atoms with Gasteiger partial charge in [0, 0.05) is 31.9 Å². The molecule has 0 spiro atoms. The Kier molecular flexibility index (Phi) is 5.57. The van der Waals surface area contributed by atoms with Crippen molar-refractivity contribution in [2.75, 3.05) is 26.7 Å². The van der Waals surface area contributed by atoms with Crippen LogP contribution in [-0.4, -0.2) is 53.6 Å². The van der Waals surface area contributed by atoms with Gasteiger partial charge in [0.15, 0.2) is 0 Å². The number of nitrogens with zero attached hydrogens (tertiary/aromatic N) is 3. The van der Waals surface area contributed by atoms with Crippen molar-refractivity contribution in [1.29, 1.82) is 0 Å². The third kappa shape index (κ3) is 3.59. The monoisotopic (exact) mass is 280 g/mol. The van der Waals surface area contributed by atoms with Crippen molar-refractivity contribution >= 4 is 0 Å². The zero-order chi connectivity index (χ0) is 14.5. The van der Waals surface area contributed by atoms with Gasteiger partial charge in [-0.25, -0.2) is 0 Å². The number of aryl methyl sites for hydroxylation is 1. The molecule has 1 saturated heterocycles. The topological polar surface area (TPSA) is 42.3 Å². The molecule has 1 aromatic heterocycles. The number of aromatic nitrogens is 2. The predicted octanol–water partition coefficient (Wildman–Crippen LogP) is 1.66. The Morgan fingerprint density at radius 2 is 2.30 bits per heavy atom. The van der Waals surface area contributed by atoms with Gasteiger partial charge in [-0.2, -0.15) is 5.10 Å². The smallest absolute Gasteiger partial charge is 0.0911 e. The molecule has 0 saturated carbocycles. The number of rotatable bonds is 6. The second-order valence-electron chi connectivity index (χ2n) is 5.88. The fourth-order valence-electron chi connectivity index (χ4n) is 2.79. The molecule has 1 N–H and O–H groups in total. The van der Waals surface area contributed by atoms with E-state index in [1.807, 2.05) is 6.20 Å². The summed E-state index contributed by atoms with van der Waals surface area (Å²) in [4.78, 5) is 2.39. The quantitative estimate of drug-likeness (QED) is 0.860. The van der Waals surface area contributed by atoms with Crippen LogP contribution in [0.15, 0.2) is 12.3 Å². The molecule has 0 amide bonds. The summed E-state index contributed by atoms with van der Waals surface area (Å²) in [5, 5.41) is 7.96. The fraction of sp³-hybridized carbons (Fsp3) is 0.800. The first-order chi connectivity index (χ1) is 9.63. The van der Waals surface area contributed by atoms with Crippen molar-refractivity contribution < 1.29 is 4.74 Å². The molecule has 5 heteroatoms. The number of hydrogen-bond donors (Lipinski definition) is 1. The maximum atomic E-state index is 6.02. The van der Waals surface area contributed by atoms with Crippen LogP contribution in [0.2, 0.25) is 0 Å². The van der Waals surface area contributed by atoms with Gasteiger partial charge in [-0.3, -0.25) is 9.58 Å². The first kappa shape index (κ1) is 15.5. The molecule has 0 bridgehead atoms. The average Bonchev–Trinajstić information content (AvgIpc) is 2.85. The standard InChI is InChI=1S/C15H28N4O/c1-5-8-19-13(6-7-17-19)15-14(11-16-12(2)3)20-10-9-18(15)4/h6-7,12,14-16H,5,8-11H2,1-4H3. The van der Waals surface area contributed by atoms with Crippen LogP contribution in [-0.2, 0) is 11.3 Å². The predicted molar refractivity (Wildman–Crippen MR) is 80.8 cm³/mol. The average molecular weight is 280 g/mol. The van der Waals surface area contributed by atoms with Crippen molar-refractivity contribution in [2.24, 2.45) is 0 Å². The summed E-state index contributed by atoms with van der Waals surface area (Å²) >= 11 is 0. The van der Waals surface area contributed by atoms with Crippen molar-refractivity contribution in [3.05, 3.63) is 18.0 Å². The van der Waals surface area contributed by atoms with Crippen LogP contribution < -0.4 is 5.32 Å². The van der Waals surface area contributed by atoms with E-state index in [1.165, 1.54) is 5.69 Å². The SMILES string of the molecule is CCCn1nccc1C1C(CNC(C)C)OCCN1C. The maximum Gasteiger partial charge on any atom is 0.0911 e. The van der Waals surface area contributed by atoms with E-state index in [0.29, 0.717) is 6.04 Å². The first-order valence-electron chi connectivity index (χ1n) is 7.70. The van der Waals surface area contributed by atoms with E-state index in [0.717, 1.165) is 32.7 Å². The van der Waals surface area contributed by atoms with Crippen molar-refractivity contribution in [3.8, 4) is 0 Å². The van der Waals surface area contributed by atoms with Crippen molar-refractivity contribution in [2.45, 2.75) is 51.9 Å². The third-order valence-corrected chi connectivity index (χ3v) is 3.82. The van der Waals surface area contributed by atoms with E-state index in [4.69, 9.17) is 4.74 Å². The first-order valence-corrected chi connectivity index (χ1v) is 7.70. The molecule has 2 atom stereocenters. The van der Waals surface area contributed by atoms with Crippen LogP contribution in [0.4, 0.5) is 0 Å². The molecule has 20 heavy (non-hydrogen) atoms. The zero-order valence-electron chi connectivity index (χ0n) is 13.2. The minimum Gasteiger partial charge on any atom is -0.374 e. The normalized spacial score (nSPS) is 24.4. The number of morpholine rings is 1. The molecule has 5 nitrogen and oxygen atoms in total. The molecule has 2 heterocycles. The Morgan fingerprint density at radius 1 is 1.50 bits per heavy atom. The van der Waals surface area contributed by atoms with Crippen LogP contribution in [0, 0.1) is 0 Å². The van der Waals surface area contributed by atoms with Crippen LogP contribution >= 0.6 is 0 Å². The Bertz CT molecular complexity index is 404. The third-order valence-electron chi connectivity index (χ3n) is 3.82. The molecule has 1 aromatic rings. The molecule has 1 fully saturated rings. The lowest BCUT2D eigenvalue weighted by molar-refractivity contribution is -0.0646. The lowest BCUT2D eigenvalue weighted by Gasteiger charge is -2.39. The Balaban J connectivity index is 2.16. The highest BCUT2D eigenvalue weighted by atomic mass is 16.5. The van der Waals surface area contributed by atoms with E-state index in [2.05, 4.69) is 53.9 Å². The lowest BCUT2D eigenvalue weighted by atomic mass is 10.0. The fourth-order valence-corrected chi connectivity index (χ4v) is 2.79. The number of ether oxygens (including phenoxy) is 1. The minimum atomic E-state index is 0.184. The van der Waals surface area contributed by atoms with E-state index in [-0.39, 0.29) is 12.1 Å². The van der Waals surface area contributed by atoms with Crippen molar-refractivity contribution in [3.63, 3.8) is 0 Å². The summed E-state index contributed by atoms with van der Waals surface area (Å²) in [6, 6.07) is 2.89. The molecule has 0 aliphatic carbocycles. The maximum absolute atomic E-state index is 6.02. The minimum absolute atomic E-state index is 0.184. The highest BCUT2D eigenvalue weighted by Gasteiger charge is 2.33. The molecule has 114 valence electrons. The molecule has 2 unspecified atom stereocenters. The van der Waals surface area contributed by atoms with E-state index in [1.54, 1.807) is 0 Å². The van der Waals surface area contributed by atoms with Gasteiger partial charge in [-0.1, -0.05) is 20.8 Å². The highest BCUT2D eigenvalue weighted by molar-refractivity contribution is 5.11. The molecule has 0 radical (unpaired) electrons. The molecule has 2 rings (SSSR count). The molecular formula is C15H28N4O. The van der Waals surface area contributed by atoms with Gasteiger partial charge in [0.1, 0.15) is 0 Å².